The number of aromatic nitrogens is 2. The number of nitrogens with one attached hydrogen (secondary N) is 1. The topological polar surface area (TPSA) is 80.5 Å². The molecule has 1 aliphatic rings. The number of rotatable bonds is 4. The molecule has 0 saturated carbocycles. The average molecular weight is 384 g/mol. The van der Waals surface area contributed by atoms with E-state index < -0.39 is 0 Å². The van der Waals surface area contributed by atoms with Gasteiger partial charge >= 0.3 is 0 Å². The molecule has 3 heterocycles. The van der Waals surface area contributed by atoms with Gasteiger partial charge < -0.3 is 19.5 Å². The fraction of sp³-hybridized carbons (Fsp3) is 0.316. The summed E-state index contributed by atoms with van der Waals surface area (Å²) >= 11 is 1.50. The van der Waals surface area contributed by atoms with Gasteiger partial charge in [-0.3, -0.25) is 4.79 Å². The minimum absolute atomic E-state index is 0.171. The first-order valence-corrected chi connectivity index (χ1v) is 9.46. The van der Waals surface area contributed by atoms with E-state index in [2.05, 4.69) is 15.5 Å². The number of benzene rings is 1. The van der Waals surface area contributed by atoms with Crippen molar-refractivity contribution in [1.29, 1.82) is 0 Å². The van der Waals surface area contributed by atoms with Crippen molar-refractivity contribution in [3.63, 3.8) is 0 Å². The molecule has 0 saturated heterocycles. The van der Waals surface area contributed by atoms with Gasteiger partial charge in [0.05, 0.1) is 18.8 Å². The molecule has 0 aliphatic carbocycles. The van der Waals surface area contributed by atoms with E-state index in [0.717, 1.165) is 33.1 Å². The lowest BCUT2D eigenvalue weighted by atomic mass is 10.1. The van der Waals surface area contributed by atoms with Gasteiger partial charge in [-0.1, -0.05) is 11.2 Å². The third-order valence-electron chi connectivity index (χ3n) is 4.41. The molecule has 27 heavy (non-hydrogen) atoms. The van der Waals surface area contributed by atoms with Crippen LogP contribution in [0.1, 0.15) is 26.6 Å². The summed E-state index contributed by atoms with van der Waals surface area (Å²) in [7, 11) is 3.89. The van der Waals surface area contributed by atoms with Crippen molar-refractivity contribution >= 4 is 27.9 Å². The van der Waals surface area contributed by atoms with Gasteiger partial charge in [-0.15, -0.1) is 11.3 Å². The van der Waals surface area contributed by atoms with E-state index in [0.29, 0.717) is 30.5 Å². The molecular weight excluding hydrogens is 364 g/mol. The van der Waals surface area contributed by atoms with Crippen LogP contribution in [0.3, 0.4) is 0 Å². The Morgan fingerprint density at radius 1 is 1.33 bits per heavy atom. The number of carbonyl (C=O) groups excluding carboxylic acids is 1. The number of ether oxygens (including phenoxy) is 1. The number of hydrogen-bond acceptors (Lipinski definition) is 7. The molecule has 0 atom stereocenters. The third kappa shape index (κ3) is 3.45. The van der Waals surface area contributed by atoms with Gasteiger partial charge in [0, 0.05) is 30.2 Å². The van der Waals surface area contributed by atoms with Crippen LogP contribution >= 0.6 is 11.3 Å². The molecule has 140 valence electrons. The second-order valence-corrected chi connectivity index (χ2v) is 7.66. The van der Waals surface area contributed by atoms with E-state index in [1.807, 2.05) is 37.2 Å². The maximum Gasteiger partial charge on any atom is 0.261 e. The smallest absolute Gasteiger partial charge is 0.261 e. The fourth-order valence-electron chi connectivity index (χ4n) is 3.05. The Kier molecular flexibility index (Phi) is 4.67. The molecule has 7 nitrogen and oxygen atoms in total. The van der Waals surface area contributed by atoms with Crippen molar-refractivity contribution in [3.05, 3.63) is 46.1 Å². The van der Waals surface area contributed by atoms with Crippen LogP contribution < -0.4 is 10.2 Å². The predicted molar refractivity (Wildman–Crippen MR) is 104 cm³/mol. The molecule has 2 aromatic heterocycles. The highest BCUT2D eigenvalue weighted by Crippen LogP contribution is 2.42. The summed E-state index contributed by atoms with van der Waals surface area (Å²) in [5.41, 5.74) is 3.49. The maximum absolute atomic E-state index is 12.9. The van der Waals surface area contributed by atoms with Crippen molar-refractivity contribution < 1.29 is 14.1 Å². The minimum atomic E-state index is -0.171. The molecule has 0 bridgehead atoms. The van der Waals surface area contributed by atoms with Gasteiger partial charge in [0.1, 0.15) is 5.00 Å². The van der Waals surface area contributed by atoms with Crippen LogP contribution in [0.25, 0.3) is 11.5 Å². The molecular formula is C19H20N4O3S. The van der Waals surface area contributed by atoms with Gasteiger partial charge in [0.15, 0.2) is 5.82 Å². The number of anilines is 2. The van der Waals surface area contributed by atoms with Gasteiger partial charge in [-0.2, -0.15) is 4.98 Å². The van der Waals surface area contributed by atoms with Crippen LogP contribution in [0.15, 0.2) is 28.8 Å². The SMILES string of the molecule is Cc1noc(-c2c(NC(=O)c3cccc(N(C)C)c3)sc3c2CCOC3)n1. The maximum atomic E-state index is 12.9. The Morgan fingerprint density at radius 3 is 2.93 bits per heavy atom. The number of amides is 1. The molecule has 4 rings (SSSR count). The Labute approximate surface area is 161 Å². The molecule has 0 fully saturated rings. The highest BCUT2D eigenvalue weighted by Gasteiger charge is 2.27. The number of nitrogens with zero attached hydrogens (tertiary/aromatic N) is 3. The summed E-state index contributed by atoms with van der Waals surface area (Å²) in [6.45, 7) is 2.95. The normalized spacial score (nSPS) is 13.3. The van der Waals surface area contributed by atoms with E-state index in [-0.39, 0.29) is 5.91 Å². The predicted octanol–water partition coefficient (Wildman–Crippen LogP) is 3.50. The second-order valence-electron chi connectivity index (χ2n) is 6.56. The molecule has 3 aromatic rings. The summed E-state index contributed by atoms with van der Waals surface area (Å²) in [4.78, 5) is 20.3. The van der Waals surface area contributed by atoms with Crippen molar-refractivity contribution in [2.45, 2.75) is 20.0 Å². The molecule has 1 aromatic carbocycles. The highest BCUT2D eigenvalue weighted by molar-refractivity contribution is 7.17. The monoisotopic (exact) mass is 384 g/mol. The third-order valence-corrected chi connectivity index (χ3v) is 5.53. The summed E-state index contributed by atoms with van der Waals surface area (Å²) in [5.74, 6) is 0.827. The zero-order chi connectivity index (χ0) is 19.0. The summed E-state index contributed by atoms with van der Waals surface area (Å²) in [6, 6.07) is 7.50. The lowest BCUT2D eigenvalue weighted by Crippen LogP contribution is -2.14. The first-order chi connectivity index (χ1) is 13.0. The van der Waals surface area contributed by atoms with E-state index in [1.165, 1.54) is 11.3 Å². The van der Waals surface area contributed by atoms with E-state index in [1.54, 1.807) is 13.0 Å². The Hall–Kier alpha value is -2.71. The van der Waals surface area contributed by atoms with E-state index >= 15 is 0 Å². The van der Waals surface area contributed by atoms with Crippen LogP contribution in [0, 0.1) is 6.92 Å². The van der Waals surface area contributed by atoms with Gasteiger partial charge in [0.2, 0.25) is 0 Å². The van der Waals surface area contributed by atoms with Crippen LogP contribution in [0.5, 0.6) is 0 Å². The highest BCUT2D eigenvalue weighted by atomic mass is 32.1. The molecule has 8 heteroatoms. The second kappa shape index (κ2) is 7.13. The van der Waals surface area contributed by atoms with Crippen LogP contribution in [0.2, 0.25) is 0 Å². The van der Waals surface area contributed by atoms with Crippen molar-refractivity contribution in [1.82, 2.24) is 10.1 Å². The molecule has 0 unspecified atom stereocenters. The molecule has 1 aliphatic heterocycles. The summed E-state index contributed by atoms with van der Waals surface area (Å²) in [6.07, 6.45) is 0.759. The minimum Gasteiger partial charge on any atom is -0.378 e. The first-order valence-electron chi connectivity index (χ1n) is 8.64. The zero-order valence-corrected chi connectivity index (χ0v) is 16.2. The number of carbonyl (C=O) groups is 1. The first kappa shape index (κ1) is 17.7. The van der Waals surface area contributed by atoms with Crippen LogP contribution in [-0.4, -0.2) is 36.8 Å². The summed E-state index contributed by atoms with van der Waals surface area (Å²) in [5, 5.41) is 7.65. The molecule has 0 spiro atoms. The number of aryl methyl sites for hydroxylation is 1. The standard InChI is InChI=1S/C19H20N4O3S/c1-11-20-18(26-22-11)16-14-7-8-25-10-15(14)27-19(16)21-17(24)12-5-4-6-13(9-12)23(2)3/h4-6,9H,7-8,10H2,1-3H3,(H,21,24). The summed E-state index contributed by atoms with van der Waals surface area (Å²) < 4.78 is 11.0. The number of hydrogen-bond donors (Lipinski definition) is 1. The Bertz CT molecular complexity index is 993. The Balaban J connectivity index is 1.70. The lowest BCUT2D eigenvalue weighted by molar-refractivity contribution is 0.102. The largest absolute Gasteiger partial charge is 0.378 e. The Morgan fingerprint density at radius 2 is 2.19 bits per heavy atom. The van der Waals surface area contributed by atoms with Gasteiger partial charge in [-0.05, 0) is 37.1 Å². The van der Waals surface area contributed by atoms with Crippen LogP contribution in [0.4, 0.5) is 10.7 Å². The van der Waals surface area contributed by atoms with Crippen LogP contribution in [-0.2, 0) is 17.8 Å². The van der Waals surface area contributed by atoms with Crippen molar-refractivity contribution in [3.8, 4) is 11.5 Å². The number of fused-ring (bicyclic) bond motifs is 1. The molecule has 1 N–H and O–H groups in total. The zero-order valence-electron chi connectivity index (χ0n) is 15.4. The quantitative estimate of drug-likeness (QED) is 0.742. The van der Waals surface area contributed by atoms with Crippen molar-refractivity contribution in [2.75, 3.05) is 30.9 Å². The number of thiophene rings is 1. The van der Waals surface area contributed by atoms with E-state index in [4.69, 9.17) is 9.26 Å². The molecule has 1 amide bonds. The van der Waals surface area contributed by atoms with Gasteiger partial charge in [-0.25, -0.2) is 0 Å². The van der Waals surface area contributed by atoms with E-state index in [9.17, 15) is 4.79 Å². The average Bonchev–Trinajstić information content (AvgIpc) is 3.24. The lowest BCUT2D eigenvalue weighted by Gasteiger charge is -2.13. The van der Waals surface area contributed by atoms with Crippen molar-refractivity contribution in [2.24, 2.45) is 0 Å². The molecule has 0 radical (unpaired) electrons. The fourth-order valence-corrected chi connectivity index (χ4v) is 4.22. The van der Waals surface area contributed by atoms with Gasteiger partial charge in [0.25, 0.3) is 11.8 Å².